The molecule has 1 fully saturated rings. The van der Waals surface area contributed by atoms with Gasteiger partial charge in [0.05, 0.1) is 6.61 Å². The normalized spacial score (nSPS) is 27.0. The Hall–Kier alpha value is -0.120. The van der Waals surface area contributed by atoms with Crippen LogP contribution in [0.25, 0.3) is 0 Å². The maximum atomic E-state index is 5.99. The molecule has 96 valence electrons. The molecule has 1 aliphatic heterocycles. The van der Waals surface area contributed by atoms with E-state index in [0.29, 0.717) is 11.8 Å². The molecular weight excluding hydrogens is 200 g/mol. The minimum atomic E-state index is 0.145. The summed E-state index contributed by atoms with van der Waals surface area (Å²) < 4.78 is 5.28. The second kappa shape index (κ2) is 5.99. The van der Waals surface area contributed by atoms with Crippen LogP contribution in [0.3, 0.4) is 0 Å². The number of hydrogen-bond donors (Lipinski definition) is 1. The fourth-order valence-electron chi connectivity index (χ4n) is 2.63. The van der Waals surface area contributed by atoms with E-state index < -0.39 is 0 Å². The number of hydrogen-bond acceptors (Lipinski definition) is 3. The van der Waals surface area contributed by atoms with Crippen LogP contribution < -0.4 is 5.73 Å². The van der Waals surface area contributed by atoms with Crippen molar-refractivity contribution >= 4 is 0 Å². The first-order chi connectivity index (χ1) is 7.54. The van der Waals surface area contributed by atoms with Gasteiger partial charge in [0.2, 0.25) is 0 Å². The van der Waals surface area contributed by atoms with Gasteiger partial charge in [0.1, 0.15) is 0 Å². The molecule has 1 saturated heterocycles. The number of rotatable bonds is 5. The third-order valence-corrected chi connectivity index (χ3v) is 4.30. The first kappa shape index (κ1) is 13.9. The Bertz CT molecular complexity index is 206. The smallest absolute Gasteiger partial charge is 0.0502 e. The van der Waals surface area contributed by atoms with Crippen molar-refractivity contribution in [3.05, 3.63) is 0 Å². The Morgan fingerprint density at radius 1 is 1.50 bits per heavy atom. The largest absolute Gasteiger partial charge is 0.384 e. The highest BCUT2D eigenvalue weighted by Gasteiger charge is 2.36. The SMILES string of the molecule is COCC1CCCN(C(C)(CN)C(C)C)C1. The van der Waals surface area contributed by atoms with Gasteiger partial charge in [-0.3, -0.25) is 4.90 Å². The molecule has 0 bridgehead atoms. The van der Waals surface area contributed by atoms with Gasteiger partial charge < -0.3 is 10.5 Å². The van der Waals surface area contributed by atoms with Crippen LogP contribution in [0.2, 0.25) is 0 Å². The van der Waals surface area contributed by atoms with Crippen LogP contribution in [0.15, 0.2) is 0 Å². The lowest BCUT2D eigenvalue weighted by Gasteiger charge is -2.47. The highest BCUT2D eigenvalue weighted by Crippen LogP contribution is 2.29. The summed E-state index contributed by atoms with van der Waals surface area (Å²) in [5.74, 6) is 1.28. The van der Waals surface area contributed by atoms with Crippen molar-refractivity contribution in [1.29, 1.82) is 0 Å². The molecule has 0 aliphatic carbocycles. The van der Waals surface area contributed by atoms with E-state index in [2.05, 4.69) is 25.7 Å². The Morgan fingerprint density at radius 2 is 2.19 bits per heavy atom. The van der Waals surface area contributed by atoms with Gasteiger partial charge in [-0.25, -0.2) is 0 Å². The summed E-state index contributed by atoms with van der Waals surface area (Å²) in [6, 6.07) is 0. The van der Waals surface area contributed by atoms with Gasteiger partial charge in [0.15, 0.2) is 0 Å². The molecule has 0 saturated carbocycles. The summed E-state index contributed by atoms with van der Waals surface area (Å²) in [6.45, 7) is 10.8. The van der Waals surface area contributed by atoms with Crippen molar-refractivity contribution in [2.75, 3.05) is 33.4 Å². The Labute approximate surface area is 100 Å². The summed E-state index contributed by atoms with van der Waals surface area (Å²) in [7, 11) is 1.80. The van der Waals surface area contributed by atoms with Gasteiger partial charge in [-0.05, 0) is 38.1 Å². The zero-order valence-electron chi connectivity index (χ0n) is 11.3. The lowest BCUT2D eigenvalue weighted by atomic mass is 9.83. The number of ether oxygens (including phenoxy) is 1. The minimum absolute atomic E-state index is 0.145. The summed E-state index contributed by atoms with van der Waals surface area (Å²) in [5, 5.41) is 0. The van der Waals surface area contributed by atoms with Crippen molar-refractivity contribution in [2.45, 2.75) is 39.2 Å². The van der Waals surface area contributed by atoms with Crippen LogP contribution in [0, 0.1) is 11.8 Å². The maximum Gasteiger partial charge on any atom is 0.0502 e. The fraction of sp³-hybridized carbons (Fsp3) is 1.00. The Kier molecular flexibility index (Phi) is 5.22. The van der Waals surface area contributed by atoms with Gasteiger partial charge in [-0.1, -0.05) is 13.8 Å². The minimum Gasteiger partial charge on any atom is -0.384 e. The van der Waals surface area contributed by atoms with Gasteiger partial charge in [-0.15, -0.1) is 0 Å². The first-order valence-electron chi connectivity index (χ1n) is 6.48. The van der Waals surface area contributed by atoms with E-state index in [1.165, 1.54) is 19.4 Å². The predicted octanol–water partition coefficient (Wildman–Crippen LogP) is 1.72. The number of likely N-dealkylation sites (tertiary alicyclic amines) is 1. The molecule has 0 spiro atoms. The number of methoxy groups -OCH3 is 1. The highest BCUT2D eigenvalue weighted by atomic mass is 16.5. The van der Waals surface area contributed by atoms with Crippen LogP contribution in [-0.4, -0.2) is 43.8 Å². The average Bonchev–Trinajstić information content (AvgIpc) is 2.28. The third-order valence-electron chi connectivity index (χ3n) is 4.30. The molecule has 0 amide bonds. The van der Waals surface area contributed by atoms with E-state index in [9.17, 15) is 0 Å². The first-order valence-corrected chi connectivity index (χ1v) is 6.48. The van der Waals surface area contributed by atoms with Crippen molar-refractivity contribution in [2.24, 2.45) is 17.6 Å². The van der Waals surface area contributed by atoms with E-state index in [1.54, 1.807) is 7.11 Å². The van der Waals surface area contributed by atoms with Gasteiger partial charge in [-0.2, -0.15) is 0 Å². The molecule has 1 heterocycles. The molecule has 2 unspecified atom stereocenters. The van der Waals surface area contributed by atoms with E-state index in [1.807, 2.05) is 0 Å². The molecule has 2 N–H and O–H groups in total. The van der Waals surface area contributed by atoms with E-state index in [4.69, 9.17) is 10.5 Å². The van der Waals surface area contributed by atoms with E-state index in [0.717, 1.165) is 19.7 Å². The van der Waals surface area contributed by atoms with Gasteiger partial charge in [0.25, 0.3) is 0 Å². The molecule has 2 atom stereocenters. The van der Waals surface area contributed by atoms with Crippen molar-refractivity contribution < 1.29 is 4.74 Å². The lowest BCUT2D eigenvalue weighted by molar-refractivity contribution is 0.00780. The Morgan fingerprint density at radius 3 is 2.69 bits per heavy atom. The topological polar surface area (TPSA) is 38.5 Å². The van der Waals surface area contributed by atoms with Gasteiger partial charge >= 0.3 is 0 Å². The highest BCUT2D eigenvalue weighted by molar-refractivity contribution is 4.92. The molecule has 1 rings (SSSR count). The average molecular weight is 228 g/mol. The summed E-state index contributed by atoms with van der Waals surface area (Å²) in [4.78, 5) is 2.57. The molecule has 0 radical (unpaired) electrons. The second-order valence-electron chi connectivity index (χ2n) is 5.63. The number of nitrogens with zero attached hydrogens (tertiary/aromatic N) is 1. The fourth-order valence-corrected chi connectivity index (χ4v) is 2.63. The second-order valence-corrected chi connectivity index (χ2v) is 5.63. The standard InChI is InChI=1S/C13H28N2O/c1-11(2)13(3,10-14)15-7-5-6-12(8-15)9-16-4/h11-12H,5-10,14H2,1-4H3. The zero-order valence-corrected chi connectivity index (χ0v) is 11.3. The monoisotopic (exact) mass is 228 g/mol. The van der Waals surface area contributed by atoms with Crippen molar-refractivity contribution in [3.63, 3.8) is 0 Å². The molecule has 16 heavy (non-hydrogen) atoms. The molecule has 3 nitrogen and oxygen atoms in total. The van der Waals surface area contributed by atoms with E-state index >= 15 is 0 Å². The van der Waals surface area contributed by atoms with Gasteiger partial charge in [0, 0.05) is 25.7 Å². The van der Waals surface area contributed by atoms with Crippen LogP contribution in [0.1, 0.15) is 33.6 Å². The predicted molar refractivity (Wildman–Crippen MR) is 68.5 cm³/mol. The van der Waals surface area contributed by atoms with Crippen molar-refractivity contribution in [1.82, 2.24) is 4.90 Å². The maximum absolute atomic E-state index is 5.99. The van der Waals surface area contributed by atoms with E-state index in [-0.39, 0.29) is 5.54 Å². The van der Waals surface area contributed by atoms with Crippen LogP contribution >= 0.6 is 0 Å². The molecular formula is C13H28N2O. The number of piperidine rings is 1. The summed E-state index contributed by atoms with van der Waals surface area (Å²) in [5.41, 5.74) is 6.13. The zero-order chi connectivity index (χ0) is 12.2. The van der Waals surface area contributed by atoms with Crippen LogP contribution in [0.4, 0.5) is 0 Å². The molecule has 1 aliphatic rings. The lowest BCUT2D eigenvalue weighted by Crippen LogP contribution is -2.58. The molecule has 0 aromatic heterocycles. The van der Waals surface area contributed by atoms with Crippen LogP contribution in [0.5, 0.6) is 0 Å². The quantitative estimate of drug-likeness (QED) is 0.778. The van der Waals surface area contributed by atoms with Crippen LogP contribution in [-0.2, 0) is 4.74 Å². The third kappa shape index (κ3) is 2.96. The summed E-state index contributed by atoms with van der Waals surface area (Å²) >= 11 is 0. The van der Waals surface area contributed by atoms with Crippen molar-refractivity contribution in [3.8, 4) is 0 Å². The number of nitrogens with two attached hydrogens (primary N) is 1. The summed E-state index contributed by atoms with van der Waals surface area (Å²) in [6.07, 6.45) is 2.57. The molecule has 0 aromatic rings. The Balaban J connectivity index is 2.64. The molecule has 3 heteroatoms. The molecule has 0 aromatic carbocycles.